The highest BCUT2D eigenvalue weighted by atomic mass is 35.5. The van der Waals surface area contributed by atoms with Crippen molar-refractivity contribution in [2.45, 2.75) is 71.8 Å². The van der Waals surface area contributed by atoms with E-state index in [1.54, 1.807) is 0 Å². The lowest BCUT2D eigenvalue weighted by molar-refractivity contribution is 0.214. The summed E-state index contributed by atoms with van der Waals surface area (Å²) < 4.78 is 12.6. The van der Waals surface area contributed by atoms with E-state index in [0.717, 1.165) is 45.4 Å². The van der Waals surface area contributed by atoms with Crippen LogP contribution in [0, 0.1) is 13.8 Å². The van der Waals surface area contributed by atoms with Crippen LogP contribution in [0.25, 0.3) is 10.8 Å². The molecule has 1 aliphatic rings. The zero-order valence-corrected chi connectivity index (χ0v) is 25.6. The van der Waals surface area contributed by atoms with Gasteiger partial charge in [-0.15, -0.1) is 0 Å². The average molecular weight is 573 g/mol. The Balaban J connectivity index is 1.41. The minimum Gasteiger partial charge on any atom is -0.472 e. The standard InChI is InChI=1S/C34H41ClN4O2/c1-6-39(28-14-12-27(13-15-28)38(4)5)32-20-26(35)19-30-29(32)16-17-36-33(30)41-22-31-23(2)18-24(3)37-34(31)40-21-25-10-8-7-9-11-25/h7-11,16-20,27-28H,6,12-15,21-22H2,1-5H3. The monoisotopic (exact) mass is 572 g/mol. The molecule has 4 aromatic rings. The molecule has 0 N–H and O–H groups in total. The van der Waals surface area contributed by atoms with Crippen molar-refractivity contribution in [1.82, 2.24) is 14.9 Å². The minimum absolute atomic E-state index is 0.295. The van der Waals surface area contributed by atoms with Gasteiger partial charge in [-0.2, -0.15) is 0 Å². The first kappa shape index (κ1) is 29.2. The van der Waals surface area contributed by atoms with Crippen LogP contribution in [0.2, 0.25) is 5.02 Å². The Hall–Kier alpha value is -3.35. The van der Waals surface area contributed by atoms with Crippen molar-refractivity contribution in [3.05, 3.63) is 88.2 Å². The summed E-state index contributed by atoms with van der Waals surface area (Å²) >= 11 is 6.74. The van der Waals surface area contributed by atoms with Crippen LogP contribution in [0.15, 0.2) is 60.8 Å². The predicted molar refractivity (Wildman–Crippen MR) is 168 cm³/mol. The topological polar surface area (TPSA) is 50.7 Å². The molecule has 0 bridgehead atoms. The number of hydrogen-bond donors (Lipinski definition) is 0. The molecule has 2 aromatic heterocycles. The van der Waals surface area contributed by atoms with Crippen molar-refractivity contribution >= 4 is 28.1 Å². The molecule has 7 heteroatoms. The maximum absolute atomic E-state index is 6.74. The van der Waals surface area contributed by atoms with Crippen LogP contribution in [0.5, 0.6) is 11.8 Å². The van der Waals surface area contributed by atoms with Crippen molar-refractivity contribution in [1.29, 1.82) is 0 Å². The van der Waals surface area contributed by atoms with Gasteiger partial charge in [0, 0.05) is 52.0 Å². The number of hydrogen-bond acceptors (Lipinski definition) is 6. The van der Waals surface area contributed by atoms with Crippen LogP contribution in [0.3, 0.4) is 0 Å². The number of pyridine rings is 2. The summed E-state index contributed by atoms with van der Waals surface area (Å²) in [6.45, 7) is 7.94. The molecule has 2 aromatic carbocycles. The van der Waals surface area contributed by atoms with Gasteiger partial charge in [-0.05, 0) is 95.9 Å². The first-order chi connectivity index (χ1) is 19.8. The zero-order chi connectivity index (χ0) is 28.9. The summed E-state index contributed by atoms with van der Waals surface area (Å²) in [7, 11) is 4.38. The van der Waals surface area contributed by atoms with Gasteiger partial charge < -0.3 is 19.3 Å². The molecule has 0 unspecified atom stereocenters. The van der Waals surface area contributed by atoms with E-state index >= 15 is 0 Å². The van der Waals surface area contributed by atoms with Gasteiger partial charge in [0.15, 0.2) is 0 Å². The second-order valence-electron chi connectivity index (χ2n) is 11.3. The summed E-state index contributed by atoms with van der Waals surface area (Å²) in [5.41, 5.74) is 5.14. The molecule has 41 heavy (non-hydrogen) atoms. The fraction of sp³-hybridized carbons (Fsp3) is 0.412. The maximum atomic E-state index is 6.74. The van der Waals surface area contributed by atoms with Crippen molar-refractivity contribution in [2.24, 2.45) is 0 Å². The Morgan fingerprint density at radius 3 is 2.27 bits per heavy atom. The molecule has 1 fully saturated rings. The van der Waals surface area contributed by atoms with E-state index in [2.05, 4.69) is 60.9 Å². The first-order valence-corrected chi connectivity index (χ1v) is 15.0. The predicted octanol–water partition coefficient (Wildman–Crippen LogP) is 7.76. The molecule has 0 atom stereocenters. The third-order valence-corrected chi connectivity index (χ3v) is 8.50. The number of ether oxygens (including phenoxy) is 2. The highest BCUT2D eigenvalue weighted by Crippen LogP contribution is 2.38. The van der Waals surface area contributed by atoms with E-state index in [9.17, 15) is 0 Å². The van der Waals surface area contributed by atoms with Crippen LogP contribution in [-0.2, 0) is 13.2 Å². The lowest BCUT2D eigenvalue weighted by Gasteiger charge is -2.40. The fourth-order valence-electron chi connectivity index (χ4n) is 6.06. The van der Waals surface area contributed by atoms with E-state index in [4.69, 9.17) is 26.1 Å². The van der Waals surface area contributed by atoms with E-state index in [1.165, 1.54) is 25.7 Å². The SMILES string of the molecule is CCN(c1cc(Cl)cc2c(OCc3c(C)cc(C)nc3OCc3ccccc3)nccc12)C1CCC(N(C)C)CC1. The third kappa shape index (κ3) is 6.77. The molecule has 0 spiro atoms. The lowest BCUT2D eigenvalue weighted by atomic mass is 9.89. The third-order valence-electron chi connectivity index (χ3n) is 8.28. The van der Waals surface area contributed by atoms with Gasteiger partial charge in [-0.1, -0.05) is 41.9 Å². The van der Waals surface area contributed by atoms with Crippen LogP contribution in [-0.4, -0.2) is 47.6 Å². The van der Waals surface area contributed by atoms with Gasteiger partial charge in [0.05, 0.1) is 5.56 Å². The van der Waals surface area contributed by atoms with Crippen molar-refractivity contribution < 1.29 is 9.47 Å². The number of nitrogens with zero attached hydrogens (tertiary/aromatic N) is 4. The smallest absolute Gasteiger partial charge is 0.221 e. The Bertz CT molecular complexity index is 1470. The van der Waals surface area contributed by atoms with Crippen LogP contribution < -0.4 is 14.4 Å². The van der Waals surface area contributed by atoms with Crippen LogP contribution in [0.4, 0.5) is 5.69 Å². The summed E-state index contributed by atoms with van der Waals surface area (Å²) in [6.07, 6.45) is 6.59. The number of benzene rings is 2. The molecule has 5 rings (SSSR count). The van der Waals surface area contributed by atoms with E-state index < -0.39 is 0 Å². The number of rotatable bonds is 10. The molecule has 0 amide bonds. The summed E-state index contributed by atoms with van der Waals surface area (Å²) in [6, 6.07) is 19.5. The van der Waals surface area contributed by atoms with E-state index in [0.29, 0.717) is 42.1 Å². The molecule has 0 saturated heterocycles. The first-order valence-electron chi connectivity index (χ1n) is 14.6. The quantitative estimate of drug-likeness (QED) is 0.193. The van der Waals surface area contributed by atoms with Crippen molar-refractivity contribution in [3.63, 3.8) is 0 Å². The molecule has 6 nitrogen and oxygen atoms in total. The van der Waals surface area contributed by atoms with E-state index in [1.807, 2.05) is 49.5 Å². The zero-order valence-electron chi connectivity index (χ0n) is 24.9. The number of aryl methyl sites for hydroxylation is 2. The van der Waals surface area contributed by atoms with Gasteiger partial charge in [-0.25, -0.2) is 9.97 Å². The van der Waals surface area contributed by atoms with E-state index in [-0.39, 0.29) is 0 Å². The summed E-state index contributed by atoms with van der Waals surface area (Å²) in [5, 5.41) is 2.71. The summed E-state index contributed by atoms with van der Waals surface area (Å²) in [5.74, 6) is 1.16. The average Bonchev–Trinajstić information content (AvgIpc) is 2.96. The minimum atomic E-state index is 0.295. The molecule has 1 aliphatic carbocycles. The van der Waals surface area contributed by atoms with Crippen LogP contribution in [0.1, 0.15) is 55.0 Å². The Morgan fingerprint density at radius 1 is 0.854 bits per heavy atom. The molecular weight excluding hydrogens is 532 g/mol. The largest absolute Gasteiger partial charge is 0.472 e. The normalized spacial score (nSPS) is 17.1. The summed E-state index contributed by atoms with van der Waals surface area (Å²) in [4.78, 5) is 14.2. The van der Waals surface area contributed by atoms with Crippen molar-refractivity contribution in [2.75, 3.05) is 25.5 Å². The van der Waals surface area contributed by atoms with Gasteiger partial charge in [0.1, 0.15) is 13.2 Å². The Kier molecular flexibility index (Phi) is 9.31. The molecule has 0 aliphatic heterocycles. The van der Waals surface area contributed by atoms with Gasteiger partial charge in [-0.3, -0.25) is 0 Å². The fourth-order valence-corrected chi connectivity index (χ4v) is 6.27. The second kappa shape index (κ2) is 13.1. The number of anilines is 1. The molecular formula is C34H41ClN4O2. The lowest BCUT2D eigenvalue weighted by Crippen LogP contribution is -2.42. The molecule has 0 radical (unpaired) electrons. The Labute approximate surface area is 249 Å². The number of halogens is 1. The van der Waals surface area contributed by atoms with Crippen LogP contribution >= 0.6 is 11.6 Å². The molecule has 1 saturated carbocycles. The highest BCUT2D eigenvalue weighted by molar-refractivity contribution is 6.32. The number of fused-ring (bicyclic) bond motifs is 1. The van der Waals surface area contributed by atoms with Gasteiger partial charge >= 0.3 is 0 Å². The second-order valence-corrected chi connectivity index (χ2v) is 11.7. The van der Waals surface area contributed by atoms with Gasteiger partial charge in [0.2, 0.25) is 11.8 Å². The van der Waals surface area contributed by atoms with Gasteiger partial charge in [0.25, 0.3) is 0 Å². The molecule has 2 heterocycles. The maximum Gasteiger partial charge on any atom is 0.221 e. The highest BCUT2D eigenvalue weighted by Gasteiger charge is 2.27. The van der Waals surface area contributed by atoms with Crippen molar-refractivity contribution in [3.8, 4) is 11.8 Å². The number of aromatic nitrogens is 2. The Morgan fingerprint density at radius 2 is 1.56 bits per heavy atom. The molecule has 216 valence electrons.